The maximum atomic E-state index is 12.4. The van der Waals surface area contributed by atoms with E-state index in [1.807, 2.05) is 0 Å². The predicted octanol–water partition coefficient (Wildman–Crippen LogP) is 1.91. The normalized spacial score (nSPS) is 54.8. The molecule has 19 heavy (non-hydrogen) atoms. The van der Waals surface area contributed by atoms with Crippen molar-refractivity contribution in [1.82, 2.24) is 0 Å². The monoisotopic (exact) mass is 266 g/mol. The zero-order chi connectivity index (χ0) is 13.1. The van der Waals surface area contributed by atoms with E-state index in [9.17, 15) is 4.79 Å². The van der Waals surface area contributed by atoms with Crippen LogP contribution in [0.15, 0.2) is 0 Å². The highest BCUT2D eigenvalue weighted by molar-refractivity contribution is 5.73. The van der Waals surface area contributed by atoms with Gasteiger partial charge in [-0.05, 0) is 31.1 Å². The fourth-order valence-electron chi connectivity index (χ4n) is 3.91. The number of epoxide rings is 2. The van der Waals surface area contributed by atoms with Crippen LogP contribution in [-0.4, -0.2) is 36.5 Å². The van der Waals surface area contributed by atoms with E-state index in [1.165, 1.54) is 0 Å². The summed E-state index contributed by atoms with van der Waals surface area (Å²) in [6, 6.07) is 0. The summed E-state index contributed by atoms with van der Waals surface area (Å²) in [6.45, 7) is 4.31. The van der Waals surface area contributed by atoms with Crippen molar-refractivity contribution >= 4 is 5.97 Å². The molecule has 4 rings (SSSR count). The first-order valence-electron chi connectivity index (χ1n) is 7.63. The highest BCUT2D eigenvalue weighted by atomic mass is 16.6. The van der Waals surface area contributed by atoms with Gasteiger partial charge in [0, 0.05) is 6.42 Å². The second-order valence-corrected chi connectivity index (χ2v) is 6.91. The number of carbonyl (C=O) groups excluding carboxylic acids is 1. The van der Waals surface area contributed by atoms with Crippen molar-refractivity contribution < 1.29 is 19.0 Å². The van der Waals surface area contributed by atoms with Crippen molar-refractivity contribution in [3.8, 4) is 0 Å². The molecule has 0 radical (unpaired) electrons. The molecule has 0 aromatic carbocycles. The molecule has 4 nitrogen and oxygen atoms in total. The zero-order valence-corrected chi connectivity index (χ0v) is 11.6. The van der Waals surface area contributed by atoms with E-state index in [0.717, 1.165) is 25.7 Å². The first-order valence-corrected chi connectivity index (χ1v) is 7.63. The Morgan fingerprint density at radius 3 is 2.21 bits per heavy atom. The van der Waals surface area contributed by atoms with Crippen LogP contribution in [0, 0.1) is 17.8 Å². The van der Waals surface area contributed by atoms with Gasteiger partial charge >= 0.3 is 5.97 Å². The van der Waals surface area contributed by atoms with Gasteiger partial charge in [0.15, 0.2) is 0 Å². The number of hydrogen-bond acceptors (Lipinski definition) is 4. The molecule has 2 aliphatic heterocycles. The third-order valence-electron chi connectivity index (χ3n) is 5.43. The Hall–Kier alpha value is -0.610. The average molecular weight is 266 g/mol. The molecule has 2 heterocycles. The zero-order valence-electron chi connectivity index (χ0n) is 11.6. The second kappa shape index (κ2) is 4.19. The maximum Gasteiger partial charge on any atom is 0.309 e. The van der Waals surface area contributed by atoms with Gasteiger partial charge in [0.1, 0.15) is 6.10 Å². The Balaban J connectivity index is 1.37. The Kier molecular flexibility index (Phi) is 2.68. The lowest BCUT2D eigenvalue weighted by molar-refractivity contribution is -0.160. The first-order chi connectivity index (χ1) is 9.11. The van der Waals surface area contributed by atoms with Crippen molar-refractivity contribution in [2.75, 3.05) is 0 Å². The van der Waals surface area contributed by atoms with Crippen LogP contribution in [0.25, 0.3) is 0 Å². The van der Waals surface area contributed by atoms with Crippen molar-refractivity contribution in [2.45, 2.75) is 70.1 Å². The Labute approximate surface area is 113 Å². The highest BCUT2D eigenvalue weighted by Crippen LogP contribution is 2.44. The molecule has 0 bridgehead atoms. The summed E-state index contributed by atoms with van der Waals surface area (Å²) in [7, 11) is 0. The number of hydrogen-bond donors (Lipinski definition) is 0. The fraction of sp³-hybridized carbons (Fsp3) is 0.933. The van der Waals surface area contributed by atoms with Crippen molar-refractivity contribution in [3.63, 3.8) is 0 Å². The van der Waals surface area contributed by atoms with Gasteiger partial charge in [-0.2, -0.15) is 0 Å². The van der Waals surface area contributed by atoms with E-state index in [1.54, 1.807) is 0 Å². The summed E-state index contributed by atoms with van der Waals surface area (Å²) in [4.78, 5) is 12.4. The number of esters is 1. The highest BCUT2D eigenvalue weighted by Gasteiger charge is 2.51. The molecule has 0 spiro atoms. The average Bonchev–Trinajstić information content (AvgIpc) is 3.23. The largest absolute Gasteiger partial charge is 0.462 e. The summed E-state index contributed by atoms with van der Waals surface area (Å²) in [6.07, 6.45) is 5.40. The first kappa shape index (κ1) is 12.2. The van der Waals surface area contributed by atoms with Gasteiger partial charge in [-0.1, -0.05) is 13.8 Å². The molecule has 2 saturated carbocycles. The topological polar surface area (TPSA) is 51.4 Å². The Morgan fingerprint density at radius 1 is 0.895 bits per heavy atom. The Bertz CT molecular complexity index is 396. The SMILES string of the molecule is CC1CC2OC2CC1OC(=O)C1CC2OC2CC1C. The van der Waals surface area contributed by atoms with Gasteiger partial charge in [0.2, 0.25) is 0 Å². The molecule has 2 saturated heterocycles. The molecule has 106 valence electrons. The minimum atomic E-state index is -0.00241. The third kappa shape index (κ3) is 2.19. The number of carbonyl (C=O) groups is 1. The van der Waals surface area contributed by atoms with Gasteiger partial charge in [0.05, 0.1) is 30.3 Å². The minimum absolute atomic E-state index is 0.00241. The van der Waals surface area contributed by atoms with Crippen LogP contribution < -0.4 is 0 Å². The number of fused-ring (bicyclic) bond motifs is 2. The van der Waals surface area contributed by atoms with Crippen molar-refractivity contribution in [1.29, 1.82) is 0 Å². The van der Waals surface area contributed by atoms with Gasteiger partial charge in [-0.25, -0.2) is 0 Å². The molecule has 0 aromatic heterocycles. The lowest BCUT2D eigenvalue weighted by atomic mass is 9.80. The van der Waals surface area contributed by atoms with Crippen LogP contribution in [0.3, 0.4) is 0 Å². The van der Waals surface area contributed by atoms with Gasteiger partial charge in [-0.15, -0.1) is 0 Å². The molecule has 2 aliphatic carbocycles. The molecular formula is C15H22O4. The quantitative estimate of drug-likeness (QED) is 0.566. The molecule has 0 aromatic rings. The maximum absolute atomic E-state index is 12.4. The fourth-order valence-corrected chi connectivity index (χ4v) is 3.91. The summed E-state index contributed by atoms with van der Waals surface area (Å²) in [5.74, 6) is 0.850. The third-order valence-corrected chi connectivity index (χ3v) is 5.43. The summed E-state index contributed by atoms with van der Waals surface area (Å²) in [5.41, 5.74) is 0. The molecule has 4 heteroatoms. The van der Waals surface area contributed by atoms with Gasteiger partial charge < -0.3 is 14.2 Å². The number of rotatable bonds is 2. The van der Waals surface area contributed by atoms with Gasteiger partial charge in [-0.3, -0.25) is 4.79 Å². The molecule has 8 unspecified atom stereocenters. The van der Waals surface area contributed by atoms with E-state index >= 15 is 0 Å². The van der Waals surface area contributed by atoms with E-state index in [0.29, 0.717) is 36.3 Å². The smallest absolute Gasteiger partial charge is 0.309 e. The summed E-state index contributed by atoms with van der Waals surface area (Å²) >= 11 is 0. The van der Waals surface area contributed by atoms with E-state index < -0.39 is 0 Å². The second-order valence-electron chi connectivity index (χ2n) is 6.91. The van der Waals surface area contributed by atoms with E-state index in [2.05, 4.69) is 13.8 Å². The van der Waals surface area contributed by atoms with Crippen molar-refractivity contribution in [3.05, 3.63) is 0 Å². The van der Waals surface area contributed by atoms with Crippen LogP contribution in [0.4, 0.5) is 0 Å². The van der Waals surface area contributed by atoms with Crippen LogP contribution in [-0.2, 0) is 19.0 Å². The summed E-state index contributed by atoms with van der Waals surface area (Å²) in [5, 5.41) is 0. The van der Waals surface area contributed by atoms with E-state index in [4.69, 9.17) is 14.2 Å². The number of ether oxygens (including phenoxy) is 3. The molecule has 4 aliphatic rings. The summed E-state index contributed by atoms with van der Waals surface area (Å²) < 4.78 is 16.9. The van der Waals surface area contributed by atoms with E-state index in [-0.39, 0.29) is 18.0 Å². The molecule has 4 fully saturated rings. The van der Waals surface area contributed by atoms with Crippen molar-refractivity contribution in [2.24, 2.45) is 17.8 Å². The lowest BCUT2D eigenvalue weighted by Gasteiger charge is -2.30. The minimum Gasteiger partial charge on any atom is -0.462 e. The van der Waals surface area contributed by atoms with Crippen LogP contribution >= 0.6 is 0 Å². The van der Waals surface area contributed by atoms with Crippen LogP contribution in [0.1, 0.15) is 39.5 Å². The van der Waals surface area contributed by atoms with Crippen LogP contribution in [0.5, 0.6) is 0 Å². The molecular weight excluding hydrogens is 244 g/mol. The molecule has 0 amide bonds. The lowest BCUT2D eigenvalue weighted by Crippen LogP contribution is -2.37. The molecule has 0 N–H and O–H groups in total. The molecule has 8 atom stereocenters. The predicted molar refractivity (Wildman–Crippen MR) is 67.5 cm³/mol. The van der Waals surface area contributed by atoms with Crippen LogP contribution in [0.2, 0.25) is 0 Å². The standard InChI is InChI=1S/C15H22O4/c1-7-3-11-13(17-11)5-9(7)15(16)19-10-6-14-12(18-14)4-8(10)2/h7-14H,3-6H2,1-2H3. The van der Waals surface area contributed by atoms with Gasteiger partial charge in [0.25, 0.3) is 0 Å². The Morgan fingerprint density at radius 2 is 1.47 bits per heavy atom.